The maximum absolute atomic E-state index is 12.9. The van der Waals surface area contributed by atoms with E-state index in [1.165, 1.54) is 18.0 Å². The van der Waals surface area contributed by atoms with Crippen molar-refractivity contribution < 1.29 is 22.7 Å². The van der Waals surface area contributed by atoms with Gasteiger partial charge >= 0.3 is 12.3 Å². The van der Waals surface area contributed by atoms with E-state index in [2.05, 4.69) is 37.6 Å². The van der Waals surface area contributed by atoms with Gasteiger partial charge in [0.15, 0.2) is 0 Å². The normalized spacial score (nSPS) is 19.3. The van der Waals surface area contributed by atoms with Crippen LogP contribution in [-0.2, 0) is 17.7 Å². The van der Waals surface area contributed by atoms with Crippen molar-refractivity contribution in [2.24, 2.45) is 0 Å². The SMILES string of the molecule is CC(C)(C)OC(=O)N[C@H]1CN(Cc2ccccc2)CC[C@@H]1Nc1ncnc2sc(CC(F)(F)F)cc12. The molecule has 36 heavy (non-hydrogen) atoms. The van der Waals surface area contributed by atoms with Gasteiger partial charge in [-0.15, -0.1) is 11.3 Å². The molecular weight excluding hydrogens is 491 g/mol. The van der Waals surface area contributed by atoms with Gasteiger partial charge in [0, 0.05) is 24.5 Å². The van der Waals surface area contributed by atoms with E-state index in [-0.39, 0.29) is 17.0 Å². The number of rotatable bonds is 6. The van der Waals surface area contributed by atoms with E-state index in [4.69, 9.17) is 4.74 Å². The van der Waals surface area contributed by atoms with Crippen LogP contribution in [0, 0.1) is 0 Å². The Bertz CT molecular complexity index is 1180. The van der Waals surface area contributed by atoms with Gasteiger partial charge in [0.25, 0.3) is 0 Å². The first-order chi connectivity index (χ1) is 16.9. The number of fused-ring (bicyclic) bond motifs is 1. The average Bonchev–Trinajstić information content (AvgIpc) is 3.16. The lowest BCUT2D eigenvalue weighted by atomic mass is 9.98. The number of hydrogen-bond donors (Lipinski definition) is 2. The molecule has 1 amide bonds. The van der Waals surface area contributed by atoms with E-state index in [1.807, 2.05) is 18.2 Å². The Morgan fingerprint density at radius 1 is 1.17 bits per heavy atom. The van der Waals surface area contributed by atoms with Crippen LogP contribution in [0.5, 0.6) is 0 Å². The number of amides is 1. The number of anilines is 1. The summed E-state index contributed by atoms with van der Waals surface area (Å²) in [5.41, 5.74) is 0.531. The lowest BCUT2D eigenvalue weighted by Gasteiger charge is -2.39. The zero-order valence-electron chi connectivity index (χ0n) is 20.4. The molecule has 1 fully saturated rings. The van der Waals surface area contributed by atoms with Crippen LogP contribution in [-0.4, -0.2) is 57.9 Å². The molecule has 2 aromatic heterocycles. The summed E-state index contributed by atoms with van der Waals surface area (Å²) < 4.78 is 44.3. The Morgan fingerprint density at radius 2 is 1.92 bits per heavy atom. The highest BCUT2D eigenvalue weighted by Gasteiger charge is 2.33. The molecule has 1 aliphatic heterocycles. The number of likely N-dealkylation sites (tertiary alicyclic amines) is 1. The average molecular weight is 522 g/mol. The number of alkyl carbamates (subject to hydrolysis) is 1. The summed E-state index contributed by atoms with van der Waals surface area (Å²) in [5.74, 6) is 0.460. The van der Waals surface area contributed by atoms with Crippen LogP contribution in [0.2, 0.25) is 0 Å². The number of carbonyl (C=O) groups is 1. The molecule has 1 aliphatic rings. The van der Waals surface area contributed by atoms with Crippen LogP contribution in [0.3, 0.4) is 0 Å². The lowest BCUT2D eigenvalue weighted by Crippen LogP contribution is -2.57. The van der Waals surface area contributed by atoms with Crippen molar-refractivity contribution in [1.82, 2.24) is 20.2 Å². The minimum atomic E-state index is -4.30. The zero-order chi connectivity index (χ0) is 25.9. The lowest BCUT2D eigenvalue weighted by molar-refractivity contribution is -0.126. The number of alkyl halides is 3. The number of piperidine rings is 1. The highest BCUT2D eigenvalue weighted by Crippen LogP contribution is 2.33. The van der Waals surface area contributed by atoms with Gasteiger partial charge in [0.2, 0.25) is 0 Å². The van der Waals surface area contributed by atoms with Gasteiger partial charge in [-0.3, -0.25) is 4.90 Å². The summed E-state index contributed by atoms with van der Waals surface area (Å²) >= 11 is 1.01. The van der Waals surface area contributed by atoms with Gasteiger partial charge in [-0.1, -0.05) is 30.3 Å². The van der Waals surface area contributed by atoms with E-state index in [9.17, 15) is 18.0 Å². The van der Waals surface area contributed by atoms with Crippen LogP contribution in [0.15, 0.2) is 42.7 Å². The molecule has 0 spiro atoms. The van der Waals surface area contributed by atoms with Crippen molar-refractivity contribution in [1.29, 1.82) is 0 Å². The van der Waals surface area contributed by atoms with Crippen LogP contribution in [0.4, 0.5) is 23.8 Å². The number of halogens is 3. The smallest absolute Gasteiger partial charge is 0.407 e. The van der Waals surface area contributed by atoms with E-state index in [0.717, 1.165) is 24.4 Å². The summed E-state index contributed by atoms with van der Waals surface area (Å²) in [6.45, 7) is 7.50. The molecule has 4 rings (SSSR count). The molecule has 194 valence electrons. The van der Waals surface area contributed by atoms with Gasteiger partial charge < -0.3 is 15.4 Å². The number of nitrogens with one attached hydrogen (secondary N) is 2. The van der Waals surface area contributed by atoms with Crippen molar-refractivity contribution in [3.05, 3.63) is 53.2 Å². The first-order valence-corrected chi connectivity index (χ1v) is 12.6. The number of hydrogen-bond acceptors (Lipinski definition) is 7. The van der Waals surface area contributed by atoms with Gasteiger partial charge in [-0.25, -0.2) is 14.8 Å². The number of benzene rings is 1. The van der Waals surface area contributed by atoms with E-state index in [1.54, 1.807) is 20.8 Å². The Morgan fingerprint density at radius 3 is 2.61 bits per heavy atom. The predicted octanol–water partition coefficient (Wildman–Crippen LogP) is 5.38. The highest BCUT2D eigenvalue weighted by molar-refractivity contribution is 7.18. The van der Waals surface area contributed by atoms with Gasteiger partial charge in [0.05, 0.1) is 23.9 Å². The molecular formula is C25H30F3N5O2S. The van der Waals surface area contributed by atoms with Crippen LogP contribution < -0.4 is 10.6 Å². The fraction of sp³-hybridized carbons (Fsp3) is 0.480. The monoisotopic (exact) mass is 521 g/mol. The van der Waals surface area contributed by atoms with Gasteiger partial charge in [0.1, 0.15) is 22.6 Å². The number of ether oxygens (including phenoxy) is 1. The minimum absolute atomic E-state index is 0.183. The number of nitrogens with zero attached hydrogens (tertiary/aromatic N) is 3. The van der Waals surface area contributed by atoms with Crippen molar-refractivity contribution in [3.63, 3.8) is 0 Å². The predicted molar refractivity (Wildman–Crippen MR) is 134 cm³/mol. The van der Waals surface area contributed by atoms with Crippen molar-refractivity contribution in [2.75, 3.05) is 18.4 Å². The highest BCUT2D eigenvalue weighted by atomic mass is 32.1. The second-order valence-electron chi connectivity index (χ2n) is 9.96. The standard InChI is InChI=1S/C25H30F3N5O2S/c1-24(2,3)35-23(34)32-20-14-33(13-16-7-5-4-6-8-16)10-9-19(20)31-21-18-11-17(12-25(26,27)28)36-22(18)30-15-29-21/h4-8,11,15,19-20H,9-10,12-14H2,1-3H3,(H,32,34)(H,29,30,31)/t19-,20-/m0/s1. The third kappa shape index (κ3) is 7.30. The molecule has 0 saturated carbocycles. The molecule has 0 aliphatic carbocycles. The van der Waals surface area contributed by atoms with Crippen molar-refractivity contribution in [2.45, 2.75) is 64.0 Å². The summed E-state index contributed by atoms with van der Waals surface area (Å²) in [5, 5.41) is 6.92. The third-order valence-electron chi connectivity index (χ3n) is 5.73. The quantitative estimate of drug-likeness (QED) is 0.454. The fourth-order valence-electron chi connectivity index (χ4n) is 4.26. The molecule has 3 heterocycles. The number of thiophene rings is 1. The molecule has 0 radical (unpaired) electrons. The first kappa shape index (κ1) is 26.2. The summed E-state index contributed by atoms with van der Waals surface area (Å²) in [6.07, 6.45) is -3.78. The Labute approximate surface area is 212 Å². The molecule has 0 bridgehead atoms. The Balaban J connectivity index is 1.53. The number of aromatic nitrogens is 2. The van der Waals surface area contributed by atoms with E-state index >= 15 is 0 Å². The maximum Gasteiger partial charge on any atom is 0.407 e. The summed E-state index contributed by atoms with van der Waals surface area (Å²) in [4.78, 5) is 24.0. The second kappa shape index (κ2) is 10.6. The van der Waals surface area contributed by atoms with Crippen molar-refractivity contribution in [3.8, 4) is 0 Å². The van der Waals surface area contributed by atoms with Crippen molar-refractivity contribution >= 4 is 33.5 Å². The Kier molecular flexibility index (Phi) is 7.70. The molecule has 11 heteroatoms. The summed E-state index contributed by atoms with van der Waals surface area (Å²) in [6, 6.07) is 11.1. The molecule has 0 unspecified atom stereocenters. The topological polar surface area (TPSA) is 79.4 Å². The molecule has 1 aromatic carbocycles. The van der Waals surface area contributed by atoms with Gasteiger partial charge in [-0.2, -0.15) is 13.2 Å². The molecule has 1 saturated heterocycles. The summed E-state index contributed by atoms with van der Waals surface area (Å²) in [7, 11) is 0. The zero-order valence-corrected chi connectivity index (χ0v) is 21.2. The number of carbonyl (C=O) groups excluding carboxylic acids is 1. The third-order valence-corrected chi connectivity index (χ3v) is 6.77. The molecule has 2 atom stereocenters. The molecule has 3 aromatic rings. The Hall–Kier alpha value is -2.92. The van der Waals surface area contributed by atoms with Crippen LogP contribution in [0.1, 0.15) is 37.6 Å². The minimum Gasteiger partial charge on any atom is -0.444 e. The maximum atomic E-state index is 12.9. The fourth-order valence-corrected chi connectivity index (χ4v) is 5.29. The van der Waals surface area contributed by atoms with E-state index < -0.39 is 24.3 Å². The van der Waals surface area contributed by atoms with Crippen LogP contribution >= 0.6 is 11.3 Å². The van der Waals surface area contributed by atoms with Crippen LogP contribution in [0.25, 0.3) is 10.2 Å². The van der Waals surface area contributed by atoms with E-state index in [0.29, 0.717) is 29.0 Å². The van der Waals surface area contributed by atoms with Gasteiger partial charge in [-0.05, 0) is 38.8 Å². The molecule has 2 N–H and O–H groups in total. The first-order valence-electron chi connectivity index (χ1n) is 11.8. The molecule has 7 nitrogen and oxygen atoms in total. The second-order valence-corrected chi connectivity index (χ2v) is 11.1. The largest absolute Gasteiger partial charge is 0.444 e.